The first-order valence-corrected chi connectivity index (χ1v) is 7.97. The molecular formula is C20H25NO2. The first kappa shape index (κ1) is 17.1. The molecule has 2 aromatic rings. The average molecular weight is 311 g/mol. The lowest BCUT2D eigenvalue weighted by Crippen LogP contribution is -2.37. The fourth-order valence-electron chi connectivity index (χ4n) is 2.31. The van der Waals surface area contributed by atoms with Crippen LogP contribution in [0.4, 0.5) is 0 Å². The minimum Gasteiger partial charge on any atom is -0.481 e. The Bertz CT molecular complexity index is 677. The lowest BCUT2D eigenvalue weighted by molar-refractivity contribution is -0.127. The number of carbonyl (C=O) groups excluding carboxylic acids is 1. The molecule has 0 aliphatic heterocycles. The molecule has 0 fully saturated rings. The quantitative estimate of drug-likeness (QED) is 0.896. The van der Waals surface area contributed by atoms with Crippen molar-refractivity contribution >= 4 is 5.91 Å². The number of carbonyl (C=O) groups is 1. The Hall–Kier alpha value is -2.29. The summed E-state index contributed by atoms with van der Waals surface area (Å²) in [6, 6.07) is 14.0. The van der Waals surface area contributed by atoms with E-state index >= 15 is 0 Å². The molecule has 23 heavy (non-hydrogen) atoms. The Balaban J connectivity index is 1.96. The Morgan fingerprint density at radius 3 is 2.22 bits per heavy atom. The number of rotatable bonds is 5. The molecule has 2 aromatic carbocycles. The third-order valence-corrected chi connectivity index (χ3v) is 4.10. The molecule has 0 spiro atoms. The van der Waals surface area contributed by atoms with Crippen molar-refractivity contribution in [3.05, 3.63) is 64.7 Å². The van der Waals surface area contributed by atoms with E-state index in [9.17, 15) is 4.79 Å². The molecular weight excluding hydrogens is 286 g/mol. The monoisotopic (exact) mass is 311 g/mol. The van der Waals surface area contributed by atoms with Crippen LogP contribution in [-0.2, 0) is 4.79 Å². The predicted octanol–water partition coefficient (Wildman–Crippen LogP) is 4.26. The number of amides is 1. The maximum absolute atomic E-state index is 12.3. The summed E-state index contributed by atoms with van der Waals surface area (Å²) in [6.45, 7) is 9.88. The molecule has 0 aliphatic carbocycles. The molecule has 0 radical (unpaired) electrons. The van der Waals surface area contributed by atoms with Gasteiger partial charge in [-0.3, -0.25) is 4.79 Å². The number of hydrogen-bond acceptors (Lipinski definition) is 2. The van der Waals surface area contributed by atoms with Crippen LogP contribution in [0.1, 0.15) is 42.1 Å². The second-order valence-electron chi connectivity index (χ2n) is 6.15. The Labute approximate surface area is 138 Å². The van der Waals surface area contributed by atoms with Crippen LogP contribution in [0.25, 0.3) is 0 Å². The molecule has 0 unspecified atom stereocenters. The van der Waals surface area contributed by atoms with E-state index in [0.29, 0.717) is 0 Å². The van der Waals surface area contributed by atoms with Crippen molar-refractivity contribution in [1.29, 1.82) is 0 Å². The highest BCUT2D eigenvalue weighted by Gasteiger charge is 2.17. The molecule has 1 amide bonds. The van der Waals surface area contributed by atoms with E-state index in [1.807, 2.05) is 63.2 Å². The first-order valence-electron chi connectivity index (χ1n) is 7.97. The minimum atomic E-state index is -0.537. The number of nitrogens with one attached hydrogen (secondary N) is 1. The van der Waals surface area contributed by atoms with Crippen molar-refractivity contribution in [3.63, 3.8) is 0 Å². The van der Waals surface area contributed by atoms with Crippen molar-refractivity contribution in [2.45, 2.75) is 46.8 Å². The molecule has 0 heterocycles. The van der Waals surface area contributed by atoms with Gasteiger partial charge in [-0.1, -0.05) is 35.9 Å². The summed E-state index contributed by atoms with van der Waals surface area (Å²) in [6.07, 6.45) is -0.537. The zero-order chi connectivity index (χ0) is 17.0. The fraction of sp³-hybridized carbons (Fsp3) is 0.350. The van der Waals surface area contributed by atoms with E-state index in [1.54, 1.807) is 6.92 Å². The molecule has 3 heteroatoms. The van der Waals surface area contributed by atoms with Crippen LogP contribution < -0.4 is 10.1 Å². The largest absolute Gasteiger partial charge is 0.481 e. The van der Waals surface area contributed by atoms with Gasteiger partial charge in [0.15, 0.2) is 6.10 Å². The van der Waals surface area contributed by atoms with Gasteiger partial charge in [0.05, 0.1) is 6.04 Å². The van der Waals surface area contributed by atoms with E-state index in [1.165, 1.54) is 11.1 Å². The third kappa shape index (κ3) is 4.59. The van der Waals surface area contributed by atoms with Crippen LogP contribution in [0.2, 0.25) is 0 Å². The molecule has 0 bridgehead atoms. The van der Waals surface area contributed by atoms with Gasteiger partial charge in [0, 0.05) is 0 Å². The molecule has 0 aromatic heterocycles. The van der Waals surface area contributed by atoms with E-state index in [-0.39, 0.29) is 11.9 Å². The molecule has 2 atom stereocenters. The Morgan fingerprint density at radius 2 is 1.61 bits per heavy atom. The molecule has 3 nitrogen and oxygen atoms in total. The van der Waals surface area contributed by atoms with Crippen molar-refractivity contribution in [3.8, 4) is 5.75 Å². The van der Waals surface area contributed by atoms with Gasteiger partial charge in [0.25, 0.3) is 5.91 Å². The molecule has 2 rings (SSSR count). The van der Waals surface area contributed by atoms with Crippen molar-refractivity contribution in [1.82, 2.24) is 5.32 Å². The van der Waals surface area contributed by atoms with Gasteiger partial charge in [-0.15, -0.1) is 0 Å². The van der Waals surface area contributed by atoms with Crippen LogP contribution in [-0.4, -0.2) is 12.0 Å². The van der Waals surface area contributed by atoms with Gasteiger partial charge in [-0.2, -0.15) is 0 Å². The van der Waals surface area contributed by atoms with Gasteiger partial charge < -0.3 is 10.1 Å². The molecule has 0 saturated carbocycles. The van der Waals surface area contributed by atoms with Crippen LogP contribution in [0.3, 0.4) is 0 Å². The summed E-state index contributed by atoms with van der Waals surface area (Å²) in [4.78, 5) is 12.3. The normalized spacial score (nSPS) is 13.3. The molecule has 0 saturated heterocycles. The smallest absolute Gasteiger partial charge is 0.261 e. The Kier molecular flexibility index (Phi) is 5.43. The summed E-state index contributed by atoms with van der Waals surface area (Å²) in [5.74, 6) is 0.607. The fourth-order valence-corrected chi connectivity index (χ4v) is 2.31. The number of hydrogen-bond donors (Lipinski definition) is 1. The summed E-state index contributed by atoms with van der Waals surface area (Å²) in [5, 5.41) is 3.00. The molecule has 0 aliphatic rings. The van der Waals surface area contributed by atoms with Crippen LogP contribution >= 0.6 is 0 Å². The summed E-state index contributed by atoms with van der Waals surface area (Å²) in [5.41, 5.74) is 4.66. The van der Waals surface area contributed by atoms with Gasteiger partial charge >= 0.3 is 0 Å². The van der Waals surface area contributed by atoms with E-state index in [4.69, 9.17) is 4.74 Å². The van der Waals surface area contributed by atoms with E-state index in [0.717, 1.165) is 16.9 Å². The SMILES string of the molecule is Cc1ccc([C@H](C)NC(=O)[C@H](C)Oc2ccc(C)c(C)c2)cc1. The van der Waals surface area contributed by atoms with Crippen molar-refractivity contribution < 1.29 is 9.53 Å². The zero-order valence-corrected chi connectivity index (χ0v) is 14.5. The first-order chi connectivity index (χ1) is 10.9. The number of ether oxygens (including phenoxy) is 1. The predicted molar refractivity (Wildman–Crippen MR) is 93.7 cm³/mol. The second kappa shape index (κ2) is 7.32. The highest BCUT2D eigenvalue weighted by Crippen LogP contribution is 2.18. The average Bonchev–Trinajstić information content (AvgIpc) is 2.51. The number of aryl methyl sites for hydroxylation is 3. The highest BCUT2D eigenvalue weighted by molar-refractivity contribution is 5.81. The highest BCUT2D eigenvalue weighted by atomic mass is 16.5. The van der Waals surface area contributed by atoms with Crippen LogP contribution in [0, 0.1) is 20.8 Å². The van der Waals surface area contributed by atoms with E-state index < -0.39 is 6.10 Å². The minimum absolute atomic E-state index is 0.0473. The third-order valence-electron chi connectivity index (χ3n) is 4.10. The topological polar surface area (TPSA) is 38.3 Å². The Morgan fingerprint density at radius 1 is 0.957 bits per heavy atom. The van der Waals surface area contributed by atoms with Gasteiger partial charge in [-0.05, 0) is 63.4 Å². The van der Waals surface area contributed by atoms with E-state index in [2.05, 4.69) is 12.2 Å². The van der Waals surface area contributed by atoms with Gasteiger partial charge in [-0.25, -0.2) is 0 Å². The summed E-state index contributed by atoms with van der Waals surface area (Å²) < 4.78 is 5.76. The summed E-state index contributed by atoms with van der Waals surface area (Å²) >= 11 is 0. The van der Waals surface area contributed by atoms with Crippen molar-refractivity contribution in [2.75, 3.05) is 0 Å². The van der Waals surface area contributed by atoms with Crippen LogP contribution in [0.15, 0.2) is 42.5 Å². The standard InChI is InChI=1S/C20H25NO2/c1-13-6-9-18(10-7-13)16(4)21-20(22)17(5)23-19-11-8-14(2)15(3)12-19/h6-12,16-17H,1-5H3,(H,21,22)/t16-,17-/m0/s1. The van der Waals surface area contributed by atoms with Crippen LogP contribution in [0.5, 0.6) is 5.75 Å². The lowest BCUT2D eigenvalue weighted by Gasteiger charge is -2.19. The number of benzene rings is 2. The maximum atomic E-state index is 12.3. The van der Waals surface area contributed by atoms with Gasteiger partial charge in [0.1, 0.15) is 5.75 Å². The van der Waals surface area contributed by atoms with Crippen molar-refractivity contribution in [2.24, 2.45) is 0 Å². The summed E-state index contributed by atoms with van der Waals surface area (Å²) in [7, 11) is 0. The second-order valence-corrected chi connectivity index (χ2v) is 6.15. The molecule has 122 valence electrons. The lowest BCUT2D eigenvalue weighted by atomic mass is 10.1. The maximum Gasteiger partial charge on any atom is 0.261 e. The van der Waals surface area contributed by atoms with Gasteiger partial charge in [0.2, 0.25) is 0 Å². The molecule has 1 N–H and O–H groups in total. The zero-order valence-electron chi connectivity index (χ0n) is 14.5.